The molecule has 6 nitrogen and oxygen atoms in total. The minimum Gasteiger partial charge on any atom is -0.394 e. The number of aliphatic hydroxyl groups excluding tert-OH is 1. The molecule has 80 valence electrons. The molecule has 0 bridgehead atoms. The zero-order valence-electron chi connectivity index (χ0n) is 8.47. The molecule has 1 heterocycles. The van der Waals surface area contributed by atoms with Gasteiger partial charge < -0.3 is 15.6 Å². The van der Waals surface area contributed by atoms with E-state index < -0.39 is 0 Å². The van der Waals surface area contributed by atoms with E-state index >= 15 is 0 Å². The van der Waals surface area contributed by atoms with Crippen LogP contribution in [0.4, 0.5) is 0 Å². The number of rotatable bonds is 5. The average Bonchev–Trinajstić information content (AvgIpc) is 2.60. The van der Waals surface area contributed by atoms with Gasteiger partial charge in [0.05, 0.1) is 24.9 Å². The molecular weight excluding hydrogens is 184 g/mol. The van der Waals surface area contributed by atoms with Gasteiger partial charge in [0, 0.05) is 13.7 Å². The summed E-state index contributed by atoms with van der Waals surface area (Å²) >= 11 is 0. The predicted molar refractivity (Wildman–Crippen MR) is 50.4 cm³/mol. The standard InChI is InChI=1S/C8H16N4O2/c1-6(4-13)12-8(5-14-2)7(3-9)10-11-12/h6,13H,3-5,9H2,1-2H3. The number of nitrogens with two attached hydrogens (primary N) is 1. The lowest BCUT2D eigenvalue weighted by Crippen LogP contribution is -2.15. The van der Waals surface area contributed by atoms with Crippen LogP contribution >= 0.6 is 0 Å². The fourth-order valence-corrected chi connectivity index (χ4v) is 1.22. The van der Waals surface area contributed by atoms with Crippen molar-refractivity contribution in [3.05, 3.63) is 11.4 Å². The molecule has 0 saturated heterocycles. The molecule has 14 heavy (non-hydrogen) atoms. The van der Waals surface area contributed by atoms with Gasteiger partial charge >= 0.3 is 0 Å². The molecule has 1 aromatic heterocycles. The zero-order chi connectivity index (χ0) is 10.6. The Balaban J connectivity index is 2.97. The van der Waals surface area contributed by atoms with Crippen molar-refractivity contribution in [2.24, 2.45) is 5.73 Å². The molecular formula is C8H16N4O2. The van der Waals surface area contributed by atoms with Crippen LogP contribution in [0.5, 0.6) is 0 Å². The molecule has 0 aliphatic rings. The Morgan fingerprint density at radius 2 is 2.36 bits per heavy atom. The fourth-order valence-electron chi connectivity index (χ4n) is 1.22. The van der Waals surface area contributed by atoms with Gasteiger partial charge in [-0.3, -0.25) is 0 Å². The van der Waals surface area contributed by atoms with Crippen molar-refractivity contribution in [3.63, 3.8) is 0 Å². The minimum atomic E-state index is -0.104. The molecule has 0 aliphatic carbocycles. The van der Waals surface area contributed by atoms with Crippen LogP contribution in [0.3, 0.4) is 0 Å². The van der Waals surface area contributed by atoms with Crippen LogP contribution in [0.1, 0.15) is 24.4 Å². The van der Waals surface area contributed by atoms with Gasteiger partial charge in [0.1, 0.15) is 5.69 Å². The van der Waals surface area contributed by atoms with Crippen LogP contribution in [0.15, 0.2) is 0 Å². The Hall–Kier alpha value is -0.980. The third-order valence-corrected chi connectivity index (χ3v) is 2.03. The lowest BCUT2D eigenvalue weighted by molar-refractivity contribution is 0.165. The van der Waals surface area contributed by atoms with Gasteiger partial charge in [-0.15, -0.1) is 5.10 Å². The van der Waals surface area contributed by atoms with Crippen LogP contribution in [0.25, 0.3) is 0 Å². The first-order valence-corrected chi connectivity index (χ1v) is 4.47. The van der Waals surface area contributed by atoms with Crippen LogP contribution in [0, 0.1) is 0 Å². The molecule has 1 aromatic rings. The first-order valence-electron chi connectivity index (χ1n) is 4.47. The van der Waals surface area contributed by atoms with Crippen molar-refractivity contribution in [1.29, 1.82) is 0 Å². The number of ether oxygens (including phenoxy) is 1. The van der Waals surface area contributed by atoms with Crippen LogP contribution in [0.2, 0.25) is 0 Å². The second-order valence-corrected chi connectivity index (χ2v) is 3.10. The normalized spacial score (nSPS) is 13.1. The molecule has 0 aromatic carbocycles. The van der Waals surface area contributed by atoms with Gasteiger partial charge in [-0.05, 0) is 6.92 Å². The highest BCUT2D eigenvalue weighted by atomic mass is 16.5. The van der Waals surface area contributed by atoms with Crippen molar-refractivity contribution < 1.29 is 9.84 Å². The number of nitrogens with zero attached hydrogens (tertiary/aromatic N) is 3. The van der Waals surface area contributed by atoms with Gasteiger partial charge in [0.15, 0.2) is 0 Å². The number of hydrogen-bond acceptors (Lipinski definition) is 5. The molecule has 0 spiro atoms. The molecule has 0 radical (unpaired) electrons. The van der Waals surface area contributed by atoms with Crippen molar-refractivity contribution in [3.8, 4) is 0 Å². The summed E-state index contributed by atoms with van der Waals surface area (Å²) in [5, 5.41) is 16.8. The highest BCUT2D eigenvalue weighted by Crippen LogP contribution is 2.12. The Bertz CT molecular complexity index is 287. The van der Waals surface area contributed by atoms with E-state index in [9.17, 15) is 0 Å². The molecule has 0 saturated carbocycles. The zero-order valence-corrected chi connectivity index (χ0v) is 8.47. The van der Waals surface area contributed by atoms with Crippen molar-refractivity contribution >= 4 is 0 Å². The Labute approximate surface area is 82.7 Å². The number of hydrogen-bond donors (Lipinski definition) is 2. The maximum absolute atomic E-state index is 9.00. The summed E-state index contributed by atoms with van der Waals surface area (Å²) in [6.07, 6.45) is 0. The molecule has 0 aliphatic heterocycles. The maximum atomic E-state index is 9.00. The topological polar surface area (TPSA) is 86.2 Å². The van der Waals surface area contributed by atoms with E-state index in [1.807, 2.05) is 6.92 Å². The Kier molecular flexibility index (Phi) is 3.99. The van der Waals surface area contributed by atoms with E-state index in [1.165, 1.54) is 0 Å². The van der Waals surface area contributed by atoms with Crippen molar-refractivity contribution in [1.82, 2.24) is 15.0 Å². The molecule has 1 rings (SSSR count). The van der Waals surface area contributed by atoms with E-state index in [0.717, 1.165) is 5.69 Å². The van der Waals surface area contributed by atoms with E-state index in [2.05, 4.69) is 10.3 Å². The maximum Gasteiger partial charge on any atom is 0.102 e. The van der Waals surface area contributed by atoms with Gasteiger partial charge in [-0.25, -0.2) is 4.68 Å². The van der Waals surface area contributed by atoms with Gasteiger partial charge in [0.25, 0.3) is 0 Å². The lowest BCUT2D eigenvalue weighted by Gasteiger charge is -2.11. The van der Waals surface area contributed by atoms with E-state index in [4.69, 9.17) is 15.6 Å². The Morgan fingerprint density at radius 3 is 2.86 bits per heavy atom. The van der Waals surface area contributed by atoms with Gasteiger partial charge in [0.2, 0.25) is 0 Å². The highest BCUT2D eigenvalue weighted by Gasteiger charge is 2.15. The third kappa shape index (κ3) is 2.09. The molecule has 3 N–H and O–H groups in total. The first-order chi connectivity index (χ1) is 6.74. The van der Waals surface area contributed by atoms with E-state index in [0.29, 0.717) is 18.8 Å². The largest absolute Gasteiger partial charge is 0.394 e. The van der Waals surface area contributed by atoms with Crippen LogP contribution < -0.4 is 5.73 Å². The molecule has 1 atom stereocenters. The molecule has 0 fully saturated rings. The number of aliphatic hydroxyl groups is 1. The predicted octanol–water partition coefficient (Wildman–Crippen LogP) is -0.563. The summed E-state index contributed by atoms with van der Waals surface area (Å²) in [5.41, 5.74) is 7.05. The summed E-state index contributed by atoms with van der Waals surface area (Å²) < 4.78 is 6.67. The second-order valence-electron chi connectivity index (χ2n) is 3.10. The van der Waals surface area contributed by atoms with Crippen LogP contribution in [-0.4, -0.2) is 33.8 Å². The molecule has 0 amide bonds. The quantitative estimate of drug-likeness (QED) is 0.665. The molecule has 1 unspecified atom stereocenters. The smallest absolute Gasteiger partial charge is 0.102 e. The highest BCUT2D eigenvalue weighted by molar-refractivity contribution is 5.09. The second kappa shape index (κ2) is 5.04. The van der Waals surface area contributed by atoms with Crippen LogP contribution in [-0.2, 0) is 17.9 Å². The van der Waals surface area contributed by atoms with Gasteiger partial charge in [-0.1, -0.05) is 5.21 Å². The van der Waals surface area contributed by atoms with Gasteiger partial charge in [-0.2, -0.15) is 0 Å². The van der Waals surface area contributed by atoms with Crippen molar-refractivity contribution in [2.45, 2.75) is 26.1 Å². The summed E-state index contributed by atoms with van der Waals surface area (Å²) in [5.74, 6) is 0. The number of methoxy groups -OCH3 is 1. The summed E-state index contributed by atoms with van der Waals surface area (Å²) in [7, 11) is 1.60. The van der Waals surface area contributed by atoms with E-state index in [1.54, 1.807) is 11.8 Å². The third-order valence-electron chi connectivity index (χ3n) is 2.03. The lowest BCUT2D eigenvalue weighted by atomic mass is 10.3. The first kappa shape index (κ1) is 11.1. The SMILES string of the molecule is COCc1c(CN)nnn1C(C)CO. The van der Waals surface area contributed by atoms with Crippen molar-refractivity contribution in [2.75, 3.05) is 13.7 Å². The monoisotopic (exact) mass is 200 g/mol. The number of aromatic nitrogens is 3. The minimum absolute atomic E-state index is 0.0179. The summed E-state index contributed by atoms with van der Waals surface area (Å²) in [4.78, 5) is 0. The summed E-state index contributed by atoms with van der Waals surface area (Å²) in [6, 6.07) is -0.104. The molecule has 6 heteroatoms. The fraction of sp³-hybridized carbons (Fsp3) is 0.750. The van der Waals surface area contributed by atoms with E-state index in [-0.39, 0.29) is 12.6 Å². The average molecular weight is 200 g/mol. The summed E-state index contributed by atoms with van der Waals surface area (Å²) in [6.45, 7) is 2.61. The Morgan fingerprint density at radius 1 is 1.64 bits per heavy atom.